The van der Waals surface area contributed by atoms with Crippen molar-refractivity contribution >= 4 is 0 Å². The van der Waals surface area contributed by atoms with E-state index in [-0.39, 0.29) is 0 Å². The lowest BCUT2D eigenvalue weighted by Crippen LogP contribution is -2.27. The van der Waals surface area contributed by atoms with Crippen LogP contribution in [0, 0.1) is 18.3 Å². The van der Waals surface area contributed by atoms with Crippen LogP contribution in [0.4, 0.5) is 0 Å². The predicted octanol–water partition coefficient (Wildman–Crippen LogP) is 1.73. The molecule has 15 heavy (non-hydrogen) atoms. The van der Waals surface area contributed by atoms with E-state index in [0.29, 0.717) is 11.6 Å². The molecule has 1 aliphatic rings. The summed E-state index contributed by atoms with van der Waals surface area (Å²) in [5.41, 5.74) is 2.66. The van der Waals surface area contributed by atoms with Gasteiger partial charge < -0.3 is 5.32 Å². The van der Waals surface area contributed by atoms with Gasteiger partial charge in [0.2, 0.25) is 0 Å². The van der Waals surface area contributed by atoms with Gasteiger partial charge in [-0.25, -0.2) is 4.98 Å². The van der Waals surface area contributed by atoms with Crippen LogP contribution in [0.15, 0.2) is 12.1 Å². The van der Waals surface area contributed by atoms with Crippen molar-refractivity contribution in [1.29, 1.82) is 5.26 Å². The third-order valence-corrected chi connectivity index (χ3v) is 2.95. The number of hydrogen-bond acceptors (Lipinski definition) is 3. The molecular formula is C12H15N3. The van der Waals surface area contributed by atoms with E-state index in [1.165, 1.54) is 0 Å². The average molecular weight is 201 g/mol. The van der Waals surface area contributed by atoms with E-state index in [1.54, 1.807) is 0 Å². The van der Waals surface area contributed by atoms with Gasteiger partial charge >= 0.3 is 0 Å². The molecule has 0 unspecified atom stereocenters. The molecule has 1 saturated heterocycles. The standard InChI is InChI=1S/C12H15N3/c1-9-2-3-11(12(8-13)15-9)10-4-6-14-7-5-10/h2-3,10,14H,4-7H2,1H3. The zero-order valence-corrected chi connectivity index (χ0v) is 8.95. The largest absolute Gasteiger partial charge is 0.317 e. The molecule has 0 radical (unpaired) electrons. The summed E-state index contributed by atoms with van der Waals surface area (Å²) >= 11 is 0. The SMILES string of the molecule is Cc1ccc(C2CCNCC2)c(C#N)n1. The maximum Gasteiger partial charge on any atom is 0.144 e. The molecule has 0 amide bonds. The molecule has 0 aliphatic carbocycles. The van der Waals surface area contributed by atoms with Crippen LogP contribution >= 0.6 is 0 Å². The Morgan fingerprint density at radius 1 is 1.40 bits per heavy atom. The summed E-state index contributed by atoms with van der Waals surface area (Å²) < 4.78 is 0. The van der Waals surface area contributed by atoms with Gasteiger partial charge in [-0.15, -0.1) is 0 Å². The van der Waals surface area contributed by atoms with Crippen LogP contribution in [0.2, 0.25) is 0 Å². The monoisotopic (exact) mass is 201 g/mol. The molecule has 0 spiro atoms. The number of nitrogens with one attached hydrogen (secondary N) is 1. The first-order valence-corrected chi connectivity index (χ1v) is 5.39. The van der Waals surface area contributed by atoms with E-state index in [1.807, 2.05) is 13.0 Å². The summed E-state index contributed by atoms with van der Waals surface area (Å²) in [5.74, 6) is 0.508. The van der Waals surface area contributed by atoms with Gasteiger partial charge in [-0.05, 0) is 50.4 Å². The fourth-order valence-corrected chi connectivity index (χ4v) is 2.12. The first-order chi connectivity index (χ1) is 7.31. The molecule has 2 rings (SSSR count). The molecule has 78 valence electrons. The van der Waals surface area contributed by atoms with E-state index in [9.17, 15) is 0 Å². The molecule has 0 saturated carbocycles. The first-order valence-electron chi connectivity index (χ1n) is 5.39. The van der Waals surface area contributed by atoms with Crippen LogP contribution in [-0.4, -0.2) is 18.1 Å². The summed E-state index contributed by atoms with van der Waals surface area (Å²) in [6.07, 6.45) is 2.22. The Bertz CT molecular complexity index is 386. The van der Waals surface area contributed by atoms with Crippen molar-refractivity contribution in [3.8, 4) is 6.07 Å². The number of nitrogens with zero attached hydrogens (tertiary/aromatic N) is 2. The molecular weight excluding hydrogens is 186 g/mol. The minimum Gasteiger partial charge on any atom is -0.317 e. The number of nitriles is 1. The summed E-state index contributed by atoms with van der Waals surface area (Å²) in [4.78, 5) is 4.29. The highest BCUT2D eigenvalue weighted by Gasteiger charge is 2.18. The lowest BCUT2D eigenvalue weighted by molar-refractivity contribution is 0.459. The van der Waals surface area contributed by atoms with Crippen molar-refractivity contribution in [3.63, 3.8) is 0 Å². The highest BCUT2D eigenvalue weighted by atomic mass is 14.9. The molecule has 0 bridgehead atoms. The second-order valence-electron chi connectivity index (χ2n) is 4.03. The Morgan fingerprint density at radius 3 is 2.80 bits per heavy atom. The van der Waals surface area contributed by atoms with Gasteiger partial charge in [0.15, 0.2) is 0 Å². The Kier molecular flexibility index (Phi) is 2.98. The smallest absolute Gasteiger partial charge is 0.144 e. The van der Waals surface area contributed by atoms with Crippen molar-refractivity contribution in [2.45, 2.75) is 25.7 Å². The van der Waals surface area contributed by atoms with Crippen LogP contribution in [0.5, 0.6) is 0 Å². The fourth-order valence-electron chi connectivity index (χ4n) is 2.12. The van der Waals surface area contributed by atoms with Crippen LogP contribution in [0.3, 0.4) is 0 Å². The second-order valence-corrected chi connectivity index (χ2v) is 4.03. The number of hydrogen-bond donors (Lipinski definition) is 1. The molecule has 1 N–H and O–H groups in total. The summed E-state index contributed by atoms with van der Waals surface area (Å²) in [6, 6.07) is 6.27. The highest BCUT2D eigenvalue weighted by molar-refractivity contribution is 5.35. The van der Waals surface area contributed by atoms with Gasteiger partial charge in [0.05, 0.1) is 0 Å². The maximum atomic E-state index is 9.05. The molecule has 3 nitrogen and oxygen atoms in total. The minimum absolute atomic E-state index is 0.508. The van der Waals surface area contributed by atoms with Crippen LogP contribution < -0.4 is 5.32 Å². The Morgan fingerprint density at radius 2 is 2.13 bits per heavy atom. The molecule has 1 fully saturated rings. The Hall–Kier alpha value is -1.40. The van der Waals surface area contributed by atoms with Crippen molar-refractivity contribution in [2.75, 3.05) is 13.1 Å². The normalized spacial score (nSPS) is 17.3. The minimum atomic E-state index is 0.508. The Labute approximate surface area is 90.1 Å². The summed E-state index contributed by atoms with van der Waals surface area (Å²) in [5, 5.41) is 12.4. The maximum absolute atomic E-state index is 9.05. The van der Waals surface area contributed by atoms with E-state index in [2.05, 4.69) is 22.4 Å². The van der Waals surface area contributed by atoms with Gasteiger partial charge in [-0.2, -0.15) is 5.26 Å². The third-order valence-electron chi connectivity index (χ3n) is 2.95. The van der Waals surface area contributed by atoms with E-state index < -0.39 is 0 Å². The predicted molar refractivity (Wildman–Crippen MR) is 58.5 cm³/mol. The van der Waals surface area contributed by atoms with Gasteiger partial charge in [0.1, 0.15) is 11.8 Å². The average Bonchev–Trinajstić information content (AvgIpc) is 2.30. The fraction of sp³-hybridized carbons (Fsp3) is 0.500. The number of aryl methyl sites for hydroxylation is 1. The Balaban J connectivity index is 2.30. The van der Waals surface area contributed by atoms with Gasteiger partial charge in [-0.3, -0.25) is 0 Å². The number of pyridine rings is 1. The first kappa shape index (κ1) is 10.1. The van der Waals surface area contributed by atoms with Crippen molar-refractivity contribution < 1.29 is 0 Å². The van der Waals surface area contributed by atoms with Crippen LogP contribution in [-0.2, 0) is 0 Å². The number of rotatable bonds is 1. The molecule has 1 aromatic rings. The van der Waals surface area contributed by atoms with Gasteiger partial charge in [0, 0.05) is 5.69 Å². The van der Waals surface area contributed by atoms with Crippen molar-refractivity contribution in [1.82, 2.24) is 10.3 Å². The summed E-state index contributed by atoms with van der Waals surface area (Å²) in [6.45, 7) is 4.01. The lowest BCUT2D eigenvalue weighted by Gasteiger charge is -2.23. The lowest BCUT2D eigenvalue weighted by atomic mass is 9.89. The molecule has 0 atom stereocenters. The molecule has 1 aliphatic heterocycles. The highest BCUT2D eigenvalue weighted by Crippen LogP contribution is 2.26. The molecule has 3 heteroatoms. The van der Waals surface area contributed by atoms with E-state index >= 15 is 0 Å². The topological polar surface area (TPSA) is 48.7 Å². The second kappa shape index (κ2) is 4.41. The molecule has 1 aromatic heterocycles. The van der Waals surface area contributed by atoms with Gasteiger partial charge in [-0.1, -0.05) is 6.07 Å². The quantitative estimate of drug-likeness (QED) is 0.752. The van der Waals surface area contributed by atoms with Gasteiger partial charge in [0.25, 0.3) is 0 Å². The summed E-state index contributed by atoms with van der Waals surface area (Å²) in [7, 11) is 0. The molecule has 2 heterocycles. The van der Waals surface area contributed by atoms with Crippen LogP contribution in [0.1, 0.15) is 35.7 Å². The zero-order chi connectivity index (χ0) is 10.7. The number of aromatic nitrogens is 1. The third kappa shape index (κ3) is 2.16. The van der Waals surface area contributed by atoms with Crippen molar-refractivity contribution in [2.24, 2.45) is 0 Å². The molecule has 0 aromatic carbocycles. The zero-order valence-electron chi connectivity index (χ0n) is 8.95. The van der Waals surface area contributed by atoms with Crippen molar-refractivity contribution in [3.05, 3.63) is 29.1 Å². The van der Waals surface area contributed by atoms with E-state index in [0.717, 1.165) is 37.2 Å². The van der Waals surface area contributed by atoms with Crippen LogP contribution in [0.25, 0.3) is 0 Å². The van der Waals surface area contributed by atoms with E-state index in [4.69, 9.17) is 5.26 Å². The number of piperidine rings is 1.